The number of nitrogens with zero attached hydrogens (tertiary/aromatic N) is 1. The molecule has 0 aliphatic carbocycles. The van der Waals surface area contributed by atoms with Crippen LogP contribution in [0.15, 0.2) is 24.3 Å². The average Bonchev–Trinajstić information content (AvgIpc) is 2.31. The number of hydrogen-bond donors (Lipinski definition) is 1. The van der Waals surface area contributed by atoms with Gasteiger partial charge in [0.1, 0.15) is 5.75 Å². The van der Waals surface area contributed by atoms with E-state index in [2.05, 4.69) is 18.7 Å². The summed E-state index contributed by atoms with van der Waals surface area (Å²) in [7, 11) is 0. The van der Waals surface area contributed by atoms with E-state index in [0.29, 0.717) is 25.6 Å². The van der Waals surface area contributed by atoms with Crippen molar-refractivity contribution in [2.75, 3.05) is 19.7 Å². The van der Waals surface area contributed by atoms with Crippen LogP contribution in [0.3, 0.4) is 0 Å². The van der Waals surface area contributed by atoms with E-state index in [0.717, 1.165) is 17.9 Å². The first-order valence-electron chi connectivity index (χ1n) is 6.72. The molecule has 1 fully saturated rings. The standard InChI is InChI=1S/C15H21NO3/c1-11(2)10-19-14-6-4-3-5-12(14)7-16-8-13(9-16)15(17)18/h3-6,11,13H,7-10H2,1-2H3,(H,17,18). The van der Waals surface area contributed by atoms with Crippen LogP contribution in [0.1, 0.15) is 19.4 Å². The Balaban J connectivity index is 1.91. The van der Waals surface area contributed by atoms with Crippen LogP contribution in [0.4, 0.5) is 0 Å². The van der Waals surface area contributed by atoms with Gasteiger partial charge in [-0.15, -0.1) is 0 Å². The molecule has 1 aromatic rings. The van der Waals surface area contributed by atoms with Gasteiger partial charge in [-0.25, -0.2) is 0 Å². The second kappa shape index (κ2) is 6.06. The molecule has 1 aliphatic rings. The molecule has 0 amide bonds. The Morgan fingerprint density at radius 2 is 2.11 bits per heavy atom. The molecule has 2 rings (SSSR count). The Hall–Kier alpha value is -1.55. The van der Waals surface area contributed by atoms with E-state index < -0.39 is 5.97 Å². The predicted octanol–water partition coefficient (Wildman–Crippen LogP) is 2.24. The molecule has 0 saturated carbocycles. The molecular formula is C15H21NO3. The number of para-hydroxylation sites is 1. The summed E-state index contributed by atoms with van der Waals surface area (Å²) in [5.41, 5.74) is 1.13. The summed E-state index contributed by atoms with van der Waals surface area (Å²) in [6.07, 6.45) is 0. The van der Waals surface area contributed by atoms with E-state index in [9.17, 15) is 4.79 Å². The second-order valence-electron chi connectivity index (χ2n) is 5.54. The summed E-state index contributed by atoms with van der Waals surface area (Å²) >= 11 is 0. The highest BCUT2D eigenvalue weighted by Gasteiger charge is 2.32. The predicted molar refractivity (Wildman–Crippen MR) is 73.2 cm³/mol. The number of aliphatic carboxylic acids is 1. The molecule has 19 heavy (non-hydrogen) atoms. The first kappa shape index (κ1) is 13.9. The summed E-state index contributed by atoms with van der Waals surface area (Å²) in [5, 5.41) is 8.87. The lowest BCUT2D eigenvalue weighted by molar-refractivity contribution is -0.147. The molecule has 1 aromatic carbocycles. The molecule has 104 valence electrons. The van der Waals surface area contributed by atoms with Crippen LogP contribution < -0.4 is 4.74 Å². The first-order chi connectivity index (χ1) is 9.06. The van der Waals surface area contributed by atoms with Gasteiger partial charge in [0.05, 0.1) is 12.5 Å². The van der Waals surface area contributed by atoms with Gasteiger partial charge in [-0.3, -0.25) is 9.69 Å². The van der Waals surface area contributed by atoms with Crippen molar-refractivity contribution in [1.29, 1.82) is 0 Å². The fourth-order valence-electron chi connectivity index (χ4n) is 2.13. The second-order valence-corrected chi connectivity index (χ2v) is 5.54. The highest BCUT2D eigenvalue weighted by atomic mass is 16.5. The molecule has 4 nitrogen and oxygen atoms in total. The SMILES string of the molecule is CC(C)COc1ccccc1CN1CC(C(=O)O)C1. The molecular weight excluding hydrogens is 242 g/mol. The average molecular weight is 263 g/mol. The minimum absolute atomic E-state index is 0.205. The number of rotatable bonds is 6. The number of ether oxygens (including phenoxy) is 1. The van der Waals surface area contributed by atoms with Crippen LogP contribution in [0.25, 0.3) is 0 Å². The van der Waals surface area contributed by atoms with Crippen LogP contribution in [0.2, 0.25) is 0 Å². The van der Waals surface area contributed by atoms with Gasteiger partial charge < -0.3 is 9.84 Å². The molecule has 1 N–H and O–H groups in total. The normalized spacial score (nSPS) is 16.4. The van der Waals surface area contributed by atoms with Gasteiger partial charge in [0.25, 0.3) is 0 Å². The number of likely N-dealkylation sites (tertiary alicyclic amines) is 1. The molecule has 0 atom stereocenters. The largest absolute Gasteiger partial charge is 0.493 e. The third-order valence-electron chi connectivity index (χ3n) is 3.25. The van der Waals surface area contributed by atoms with E-state index in [-0.39, 0.29) is 5.92 Å². The zero-order valence-corrected chi connectivity index (χ0v) is 11.5. The summed E-state index contributed by atoms with van der Waals surface area (Å²) in [6.45, 7) is 6.97. The van der Waals surface area contributed by atoms with Crippen molar-refractivity contribution in [3.8, 4) is 5.75 Å². The zero-order valence-electron chi connectivity index (χ0n) is 11.5. The molecule has 1 aliphatic heterocycles. The first-order valence-corrected chi connectivity index (χ1v) is 6.72. The molecule has 0 unspecified atom stereocenters. The Labute approximate surface area is 114 Å². The van der Waals surface area contributed by atoms with Crippen molar-refractivity contribution in [1.82, 2.24) is 4.90 Å². The molecule has 0 aromatic heterocycles. The Kier molecular flexibility index (Phi) is 4.43. The van der Waals surface area contributed by atoms with E-state index in [1.165, 1.54) is 0 Å². The maximum absolute atomic E-state index is 10.8. The molecule has 0 bridgehead atoms. The highest BCUT2D eigenvalue weighted by Crippen LogP contribution is 2.24. The maximum Gasteiger partial charge on any atom is 0.309 e. The van der Waals surface area contributed by atoms with Gasteiger partial charge in [-0.1, -0.05) is 32.0 Å². The lowest BCUT2D eigenvalue weighted by atomic mass is 9.99. The van der Waals surface area contributed by atoms with Crippen molar-refractivity contribution in [3.05, 3.63) is 29.8 Å². The van der Waals surface area contributed by atoms with E-state index >= 15 is 0 Å². The zero-order chi connectivity index (χ0) is 13.8. The fraction of sp³-hybridized carbons (Fsp3) is 0.533. The smallest absolute Gasteiger partial charge is 0.309 e. The number of carbonyl (C=O) groups is 1. The van der Waals surface area contributed by atoms with Gasteiger partial charge in [-0.05, 0) is 12.0 Å². The molecule has 4 heteroatoms. The number of benzene rings is 1. The van der Waals surface area contributed by atoms with E-state index in [1.54, 1.807) is 0 Å². The maximum atomic E-state index is 10.8. The summed E-state index contributed by atoms with van der Waals surface area (Å²) < 4.78 is 5.80. The van der Waals surface area contributed by atoms with Crippen molar-refractivity contribution >= 4 is 5.97 Å². The van der Waals surface area contributed by atoms with Crippen LogP contribution in [-0.2, 0) is 11.3 Å². The molecule has 0 radical (unpaired) electrons. The van der Waals surface area contributed by atoms with Crippen molar-refractivity contribution in [3.63, 3.8) is 0 Å². The monoisotopic (exact) mass is 263 g/mol. The number of hydrogen-bond acceptors (Lipinski definition) is 3. The van der Waals surface area contributed by atoms with Crippen LogP contribution in [-0.4, -0.2) is 35.7 Å². The summed E-state index contributed by atoms with van der Waals surface area (Å²) in [5.74, 6) is 0.507. The minimum atomic E-state index is -0.694. The molecule has 1 heterocycles. The third kappa shape index (κ3) is 3.70. The van der Waals surface area contributed by atoms with Crippen molar-refractivity contribution < 1.29 is 14.6 Å². The number of carboxylic acid groups (broad SMARTS) is 1. The quantitative estimate of drug-likeness (QED) is 0.855. The highest BCUT2D eigenvalue weighted by molar-refractivity contribution is 5.71. The lowest BCUT2D eigenvalue weighted by Crippen LogP contribution is -2.49. The third-order valence-corrected chi connectivity index (χ3v) is 3.25. The summed E-state index contributed by atoms with van der Waals surface area (Å²) in [6, 6.07) is 7.98. The van der Waals surface area contributed by atoms with Gasteiger partial charge in [0.2, 0.25) is 0 Å². The molecule has 0 spiro atoms. The number of carboxylic acids is 1. The van der Waals surface area contributed by atoms with Gasteiger partial charge in [-0.2, -0.15) is 0 Å². The van der Waals surface area contributed by atoms with E-state index in [4.69, 9.17) is 9.84 Å². The lowest BCUT2D eigenvalue weighted by Gasteiger charge is -2.36. The fourth-order valence-corrected chi connectivity index (χ4v) is 2.13. The summed E-state index contributed by atoms with van der Waals surface area (Å²) in [4.78, 5) is 12.9. The van der Waals surface area contributed by atoms with Crippen molar-refractivity contribution in [2.45, 2.75) is 20.4 Å². The Bertz CT molecular complexity index is 439. The topological polar surface area (TPSA) is 49.8 Å². The van der Waals surface area contributed by atoms with Gasteiger partial charge in [0.15, 0.2) is 0 Å². The van der Waals surface area contributed by atoms with Crippen molar-refractivity contribution in [2.24, 2.45) is 11.8 Å². The van der Waals surface area contributed by atoms with E-state index in [1.807, 2.05) is 24.3 Å². The van der Waals surface area contributed by atoms with Gasteiger partial charge >= 0.3 is 5.97 Å². The molecule has 1 saturated heterocycles. The van der Waals surface area contributed by atoms with Crippen LogP contribution in [0, 0.1) is 11.8 Å². The van der Waals surface area contributed by atoms with Crippen LogP contribution in [0.5, 0.6) is 5.75 Å². The minimum Gasteiger partial charge on any atom is -0.493 e. The Morgan fingerprint density at radius 3 is 2.74 bits per heavy atom. The van der Waals surface area contributed by atoms with Gasteiger partial charge in [0, 0.05) is 25.2 Å². The van der Waals surface area contributed by atoms with Crippen LogP contribution >= 0.6 is 0 Å². The Morgan fingerprint density at radius 1 is 1.42 bits per heavy atom.